The number of hydrogen-bond donors (Lipinski definition) is 0. The van der Waals surface area contributed by atoms with Gasteiger partial charge in [-0.3, -0.25) is 0 Å². The number of hydrogen-bond acceptors (Lipinski definition) is 4. The molecule has 0 unspecified atom stereocenters. The first kappa shape index (κ1) is 9.70. The van der Waals surface area contributed by atoms with Crippen LogP contribution >= 0.6 is 23.2 Å². The van der Waals surface area contributed by atoms with E-state index in [-0.39, 0.29) is 15.5 Å². The number of sulfone groups is 1. The summed E-state index contributed by atoms with van der Waals surface area (Å²) in [5.74, 6) is 0. The van der Waals surface area contributed by atoms with Gasteiger partial charge in [0.15, 0.2) is 14.9 Å². The topological polar surface area (TPSA) is 59.9 Å². The van der Waals surface area contributed by atoms with Crippen molar-refractivity contribution >= 4 is 33.0 Å². The predicted molar refractivity (Wildman–Crippen MR) is 45.2 cm³/mol. The molecule has 0 amide bonds. The van der Waals surface area contributed by atoms with Crippen molar-refractivity contribution in [1.29, 1.82) is 0 Å². The first-order chi connectivity index (χ1) is 5.39. The minimum atomic E-state index is -3.37. The molecule has 0 atom stereocenters. The van der Waals surface area contributed by atoms with Gasteiger partial charge in [-0.1, -0.05) is 11.6 Å². The lowest BCUT2D eigenvalue weighted by Crippen LogP contribution is -2.01. The molecule has 0 saturated heterocycles. The van der Waals surface area contributed by atoms with Gasteiger partial charge in [-0.05, 0) is 11.6 Å². The Morgan fingerprint density at radius 1 is 1.33 bits per heavy atom. The van der Waals surface area contributed by atoms with E-state index in [2.05, 4.69) is 9.97 Å². The Morgan fingerprint density at radius 2 is 1.92 bits per heavy atom. The zero-order chi connectivity index (χ0) is 9.35. The Bertz CT molecular complexity index is 384. The van der Waals surface area contributed by atoms with E-state index in [1.807, 2.05) is 0 Å². The van der Waals surface area contributed by atoms with E-state index in [4.69, 9.17) is 23.2 Å². The fourth-order valence-corrected chi connectivity index (χ4v) is 1.66. The monoisotopic (exact) mass is 226 g/mol. The Labute approximate surface area is 79.5 Å². The molecule has 0 radical (unpaired) electrons. The fourth-order valence-electron chi connectivity index (χ4n) is 0.560. The zero-order valence-electron chi connectivity index (χ0n) is 5.95. The van der Waals surface area contributed by atoms with Gasteiger partial charge in [-0.2, -0.15) is 0 Å². The molecule has 1 aromatic rings. The highest BCUT2D eigenvalue weighted by Gasteiger charge is 2.11. The third-order valence-electron chi connectivity index (χ3n) is 1.02. The molecule has 0 bridgehead atoms. The van der Waals surface area contributed by atoms with Gasteiger partial charge in [0.1, 0.15) is 5.15 Å². The van der Waals surface area contributed by atoms with Crippen LogP contribution in [-0.2, 0) is 9.84 Å². The van der Waals surface area contributed by atoms with Crippen LogP contribution in [0.4, 0.5) is 0 Å². The standard InChI is InChI=1S/C5H4Cl2N2O2S/c1-12(10,11)4-2-3(6)8-5(7)9-4/h2H,1H3. The lowest BCUT2D eigenvalue weighted by atomic mass is 10.7. The molecule has 0 aliphatic heterocycles. The van der Waals surface area contributed by atoms with Crippen LogP contribution in [0, 0.1) is 0 Å². The van der Waals surface area contributed by atoms with Gasteiger partial charge in [0, 0.05) is 12.3 Å². The molecule has 0 N–H and O–H groups in total. The fraction of sp³-hybridized carbons (Fsp3) is 0.200. The molecular formula is C5H4Cl2N2O2S. The number of nitrogens with zero attached hydrogens (tertiary/aromatic N) is 2. The lowest BCUT2D eigenvalue weighted by molar-refractivity contribution is 0.598. The maximum Gasteiger partial charge on any atom is 0.225 e. The van der Waals surface area contributed by atoms with E-state index < -0.39 is 9.84 Å². The summed E-state index contributed by atoms with van der Waals surface area (Å²) in [6.45, 7) is 0. The molecular weight excluding hydrogens is 223 g/mol. The van der Waals surface area contributed by atoms with Crippen molar-refractivity contribution in [2.45, 2.75) is 5.03 Å². The molecule has 7 heteroatoms. The second kappa shape index (κ2) is 3.16. The number of rotatable bonds is 1. The van der Waals surface area contributed by atoms with Crippen LogP contribution in [0.1, 0.15) is 0 Å². The van der Waals surface area contributed by atoms with E-state index in [0.717, 1.165) is 12.3 Å². The van der Waals surface area contributed by atoms with Crippen LogP contribution in [0.25, 0.3) is 0 Å². The van der Waals surface area contributed by atoms with Gasteiger partial charge >= 0.3 is 0 Å². The minimum absolute atomic E-state index is 0.00965. The van der Waals surface area contributed by atoms with Crippen molar-refractivity contribution in [3.63, 3.8) is 0 Å². The Hall–Kier alpha value is -0.390. The van der Waals surface area contributed by atoms with E-state index in [1.165, 1.54) is 0 Å². The summed E-state index contributed by atoms with van der Waals surface area (Å²) < 4.78 is 21.9. The molecule has 0 aromatic carbocycles. The summed E-state index contributed by atoms with van der Waals surface area (Å²) in [5.41, 5.74) is 0. The van der Waals surface area contributed by atoms with Gasteiger partial charge in [0.25, 0.3) is 0 Å². The average molecular weight is 227 g/mol. The van der Waals surface area contributed by atoms with E-state index in [0.29, 0.717) is 0 Å². The van der Waals surface area contributed by atoms with Crippen LogP contribution in [0.3, 0.4) is 0 Å². The largest absolute Gasteiger partial charge is 0.225 e. The van der Waals surface area contributed by atoms with Gasteiger partial charge in [-0.25, -0.2) is 18.4 Å². The van der Waals surface area contributed by atoms with Gasteiger partial charge in [0.05, 0.1) is 0 Å². The first-order valence-electron chi connectivity index (χ1n) is 2.80. The van der Waals surface area contributed by atoms with Gasteiger partial charge < -0.3 is 0 Å². The Kier molecular flexibility index (Phi) is 2.55. The van der Waals surface area contributed by atoms with Gasteiger partial charge in [0.2, 0.25) is 5.28 Å². The molecule has 0 fully saturated rings. The molecule has 0 aliphatic carbocycles. The van der Waals surface area contributed by atoms with Crippen LogP contribution in [-0.4, -0.2) is 24.6 Å². The minimum Gasteiger partial charge on any atom is -0.222 e. The highest BCUT2D eigenvalue weighted by atomic mass is 35.5. The Balaban J connectivity index is 3.37. The molecule has 0 saturated carbocycles. The highest BCUT2D eigenvalue weighted by Crippen LogP contribution is 2.14. The first-order valence-corrected chi connectivity index (χ1v) is 5.44. The van der Waals surface area contributed by atoms with Crippen LogP contribution < -0.4 is 0 Å². The second-order valence-electron chi connectivity index (χ2n) is 2.07. The molecule has 1 aromatic heterocycles. The van der Waals surface area contributed by atoms with Crippen molar-refractivity contribution in [1.82, 2.24) is 9.97 Å². The highest BCUT2D eigenvalue weighted by molar-refractivity contribution is 7.90. The zero-order valence-corrected chi connectivity index (χ0v) is 8.28. The van der Waals surface area contributed by atoms with Crippen molar-refractivity contribution in [2.75, 3.05) is 6.26 Å². The molecule has 66 valence electrons. The van der Waals surface area contributed by atoms with Crippen molar-refractivity contribution in [3.05, 3.63) is 16.5 Å². The molecule has 4 nitrogen and oxygen atoms in total. The van der Waals surface area contributed by atoms with Crippen molar-refractivity contribution in [3.8, 4) is 0 Å². The average Bonchev–Trinajstić information content (AvgIpc) is 1.82. The third kappa shape index (κ3) is 2.30. The summed E-state index contributed by atoms with van der Waals surface area (Å²) >= 11 is 10.8. The van der Waals surface area contributed by atoms with E-state index >= 15 is 0 Å². The van der Waals surface area contributed by atoms with Crippen molar-refractivity contribution < 1.29 is 8.42 Å². The predicted octanol–water partition coefficient (Wildman–Crippen LogP) is 1.19. The maximum atomic E-state index is 10.9. The molecule has 0 spiro atoms. The van der Waals surface area contributed by atoms with E-state index in [9.17, 15) is 8.42 Å². The van der Waals surface area contributed by atoms with E-state index in [1.54, 1.807) is 0 Å². The van der Waals surface area contributed by atoms with Crippen LogP contribution in [0.2, 0.25) is 10.4 Å². The SMILES string of the molecule is CS(=O)(=O)c1cc(Cl)nc(Cl)n1. The van der Waals surface area contributed by atoms with Crippen molar-refractivity contribution in [2.24, 2.45) is 0 Å². The second-order valence-corrected chi connectivity index (χ2v) is 4.76. The molecule has 1 heterocycles. The van der Waals surface area contributed by atoms with Crippen LogP contribution in [0.15, 0.2) is 11.1 Å². The summed E-state index contributed by atoms with van der Waals surface area (Å²) in [6.07, 6.45) is 1.02. The Morgan fingerprint density at radius 3 is 2.33 bits per heavy atom. The number of aromatic nitrogens is 2. The molecule has 12 heavy (non-hydrogen) atoms. The maximum absolute atomic E-state index is 10.9. The quantitative estimate of drug-likeness (QED) is 0.534. The summed E-state index contributed by atoms with van der Waals surface area (Å²) in [6, 6.07) is 1.14. The smallest absolute Gasteiger partial charge is 0.222 e. The third-order valence-corrected chi connectivity index (χ3v) is 2.36. The summed E-state index contributed by atoms with van der Waals surface area (Å²) in [4.78, 5) is 6.99. The molecule has 0 aliphatic rings. The summed E-state index contributed by atoms with van der Waals surface area (Å²) in [5, 5.41) is -0.342. The molecule has 1 rings (SSSR count). The number of halogens is 2. The summed E-state index contributed by atoms with van der Waals surface area (Å²) in [7, 11) is -3.37. The normalized spacial score (nSPS) is 11.6. The lowest BCUT2D eigenvalue weighted by Gasteiger charge is -1.97. The van der Waals surface area contributed by atoms with Crippen LogP contribution in [0.5, 0.6) is 0 Å². The van der Waals surface area contributed by atoms with Gasteiger partial charge in [-0.15, -0.1) is 0 Å².